The molecule has 3 heteroatoms. The highest BCUT2D eigenvalue weighted by Gasteiger charge is 2.11. The molecule has 2 aromatic heterocycles. The number of aromatic nitrogens is 1. The van der Waals surface area contributed by atoms with Crippen molar-refractivity contribution in [2.75, 3.05) is 0 Å². The molecule has 0 unspecified atom stereocenters. The molecule has 0 aliphatic carbocycles. The van der Waals surface area contributed by atoms with Gasteiger partial charge in [0.2, 0.25) is 5.78 Å². The maximum absolute atomic E-state index is 12.0. The molecule has 0 aliphatic rings. The van der Waals surface area contributed by atoms with Gasteiger partial charge in [0, 0.05) is 5.69 Å². The highest BCUT2D eigenvalue weighted by Crippen LogP contribution is 2.15. The van der Waals surface area contributed by atoms with E-state index in [1.807, 2.05) is 43.5 Å². The van der Waals surface area contributed by atoms with Crippen molar-refractivity contribution in [2.24, 2.45) is 0 Å². The first-order chi connectivity index (χ1) is 7.16. The number of aryl methyl sites for hydroxylation is 2. The highest BCUT2D eigenvalue weighted by molar-refractivity contribution is 7.12. The van der Waals surface area contributed by atoms with Crippen LogP contribution in [0.4, 0.5) is 0 Å². The van der Waals surface area contributed by atoms with Gasteiger partial charge in [-0.15, -0.1) is 11.3 Å². The van der Waals surface area contributed by atoms with E-state index in [2.05, 4.69) is 4.98 Å². The average Bonchev–Trinajstić information content (AvgIpc) is 2.67. The molecule has 2 aromatic rings. The van der Waals surface area contributed by atoms with Crippen molar-refractivity contribution >= 4 is 17.1 Å². The van der Waals surface area contributed by atoms with Gasteiger partial charge in [-0.25, -0.2) is 4.98 Å². The third-order valence-corrected chi connectivity index (χ3v) is 2.94. The maximum atomic E-state index is 12.0. The molecular formula is C12H11NOS. The quantitative estimate of drug-likeness (QED) is 0.724. The van der Waals surface area contributed by atoms with Gasteiger partial charge in [0.25, 0.3) is 0 Å². The Balaban J connectivity index is 2.42. The Labute approximate surface area is 92.6 Å². The van der Waals surface area contributed by atoms with E-state index in [1.54, 1.807) is 0 Å². The molecule has 0 saturated carbocycles. The summed E-state index contributed by atoms with van der Waals surface area (Å²) in [5.74, 6) is 0.0109. The van der Waals surface area contributed by atoms with E-state index in [0.717, 1.165) is 16.1 Å². The van der Waals surface area contributed by atoms with Gasteiger partial charge in [-0.3, -0.25) is 4.79 Å². The molecule has 76 valence electrons. The molecule has 0 aliphatic heterocycles. The van der Waals surface area contributed by atoms with Crippen molar-refractivity contribution in [3.05, 3.63) is 51.5 Å². The summed E-state index contributed by atoms with van der Waals surface area (Å²) in [5, 5.41) is 1.90. The SMILES string of the molecule is Cc1cc(C)nc(C(=O)c2cccs2)c1. The second-order valence-corrected chi connectivity index (χ2v) is 4.43. The molecule has 15 heavy (non-hydrogen) atoms. The number of rotatable bonds is 2. The van der Waals surface area contributed by atoms with Crippen molar-refractivity contribution in [2.45, 2.75) is 13.8 Å². The fourth-order valence-electron chi connectivity index (χ4n) is 1.49. The van der Waals surface area contributed by atoms with Crippen LogP contribution in [0.25, 0.3) is 0 Å². The number of carbonyl (C=O) groups excluding carboxylic acids is 1. The van der Waals surface area contributed by atoms with Gasteiger partial charge in [-0.2, -0.15) is 0 Å². The first kappa shape index (κ1) is 10.1. The van der Waals surface area contributed by atoms with Crippen LogP contribution in [0.5, 0.6) is 0 Å². The number of thiophene rings is 1. The Bertz CT molecular complexity index is 468. The molecule has 0 radical (unpaired) electrons. The van der Waals surface area contributed by atoms with E-state index >= 15 is 0 Å². The number of hydrogen-bond acceptors (Lipinski definition) is 3. The number of pyridine rings is 1. The molecule has 0 atom stereocenters. The van der Waals surface area contributed by atoms with Crippen LogP contribution < -0.4 is 0 Å². The van der Waals surface area contributed by atoms with Crippen molar-refractivity contribution in [1.29, 1.82) is 0 Å². The van der Waals surface area contributed by atoms with Crippen LogP contribution in [-0.4, -0.2) is 10.8 Å². The molecule has 2 nitrogen and oxygen atoms in total. The summed E-state index contributed by atoms with van der Waals surface area (Å²) in [6.07, 6.45) is 0. The lowest BCUT2D eigenvalue weighted by Gasteiger charge is -2.01. The summed E-state index contributed by atoms with van der Waals surface area (Å²) in [6, 6.07) is 7.49. The molecule has 2 heterocycles. The highest BCUT2D eigenvalue weighted by atomic mass is 32.1. The van der Waals surface area contributed by atoms with Gasteiger partial charge in [0.1, 0.15) is 5.69 Å². The third-order valence-electron chi connectivity index (χ3n) is 2.08. The zero-order valence-electron chi connectivity index (χ0n) is 8.65. The molecule has 2 rings (SSSR count). The van der Waals surface area contributed by atoms with E-state index in [1.165, 1.54) is 11.3 Å². The number of nitrogens with zero attached hydrogens (tertiary/aromatic N) is 1. The van der Waals surface area contributed by atoms with Gasteiger partial charge in [0.05, 0.1) is 4.88 Å². The lowest BCUT2D eigenvalue weighted by Crippen LogP contribution is -2.03. The van der Waals surface area contributed by atoms with Crippen molar-refractivity contribution in [3.63, 3.8) is 0 Å². The predicted molar refractivity (Wildman–Crippen MR) is 61.5 cm³/mol. The van der Waals surface area contributed by atoms with Gasteiger partial charge >= 0.3 is 0 Å². The Kier molecular flexibility index (Phi) is 2.64. The third kappa shape index (κ3) is 2.13. The summed E-state index contributed by atoms with van der Waals surface area (Å²) >= 11 is 1.45. The maximum Gasteiger partial charge on any atom is 0.221 e. The molecular weight excluding hydrogens is 206 g/mol. The van der Waals surface area contributed by atoms with E-state index in [-0.39, 0.29) is 5.78 Å². The summed E-state index contributed by atoms with van der Waals surface area (Å²) in [7, 11) is 0. The summed E-state index contributed by atoms with van der Waals surface area (Å²) < 4.78 is 0. The minimum Gasteiger partial charge on any atom is -0.286 e. The fraction of sp³-hybridized carbons (Fsp3) is 0.167. The van der Waals surface area contributed by atoms with Crippen LogP contribution in [0.2, 0.25) is 0 Å². The van der Waals surface area contributed by atoms with Crippen molar-refractivity contribution < 1.29 is 4.79 Å². The van der Waals surface area contributed by atoms with Gasteiger partial charge in [0.15, 0.2) is 0 Å². The number of hydrogen-bond donors (Lipinski definition) is 0. The van der Waals surface area contributed by atoms with Crippen molar-refractivity contribution in [3.8, 4) is 0 Å². The molecule has 0 bridgehead atoms. The normalized spacial score (nSPS) is 10.3. The van der Waals surface area contributed by atoms with Crippen LogP contribution in [-0.2, 0) is 0 Å². The Morgan fingerprint density at radius 1 is 1.33 bits per heavy atom. The van der Waals surface area contributed by atoms with E-state index in [9.17, 15) is 4.79 Å². The molecule has 0 saturated heterocycles. The molecule has 0 N–H and O–H groups in total. The fourth-order valence-corrected chi connectivity index (χ4v) is 2.16. The van der Waals surface area contributed by atoms with Crippen LogP contribution >= 0.6 is 11.3 Å². The Morgan fingerprint density at radius 2 is 2.13 bits per heavy atom. The topological polar surface area (TPSA) is 30.0 Å². The lowest BCUT2D eigenvalue weighted by molar-refractivity contribution is 0.103. The Hall–Kier alpha value is -1.48. The standard InChI is InChI=1S/C12H11NOS/c1-8-6-9(2)13-10(7-8)12(14)11-4-3-5-15-11/h3-7H,1-2H3. The first-order valence-corrected chi connectivity index (χ1v) is 5.58. The van der Waals surface area contributed by atoms with E-state index < -0.39 is 0 Å². The molecule has 0 aromatic carbocycles. The van der Waals surface area contributed by atoms with Crippen molar-refractivity contribution in [1.82, 2.24) is 4.98 Å². The van der Waals surface area contributed by atoms with E-state index in [4.69, 9.17) is 0 Å². The second kappa shape index (κ2) is 3.95. The zero-order chi connectivity index (χ0) is 10.8. The number of ketones is 1. The van der Waals surface area contributed by atoms with E-state index in [0.29, 0.717) is 5.69 Å². The average molecular weight is 217 g/mol. The van der Waals surface area contributed by atoms with Gasteiger partial charge in [-0.05, 0) is 43.0 Å². The minimum atomic E-state index is 0.0109. The molecule has 0 fully saturated rings. The lowest BCUT2D eigenvalue weighted by atomic mass is 10.1. The summed E-state index contributed by atoms with van der Waals surface area (Å²) in [5.41, 5.74) is 2.49. The first-order valence-electron chi connectivity index (χ1n) is 4.70. The summed E-state index contributed by atoms with van der Waals surface area (Å²) in [4.78, 5) is 16.9. The second-order valence-electron chi connectivity index (χ2n) is 3.48. The van der Waals surface area contributed by atoms with Gasteiger partial charge in [-0.1, -0.05) is 6.07 Å². The van der Waals surface area contributed by atoms with Crippen LogP contribution in [0.15, 0.2) is 29.6 Å². The van der Waals surface area contributed by atoms with Crippen LogP contribution in [0.1, 0.15) is 26.6 Å². The number of carbonyl (C=O) groups is 1. The monoisotopic (exact) mass is 217 g/mol. The van der Waals surface area contributed by atoms with Gasteiger partial charge < -0.3 is 0 Å². The minimum absolute atomic E-state index is 0.0109. The van der Waals surface area contributed by atoms with Crippen LogP contribution in [0, 0.1) is 13.8 Å². The smallest absolute Gasteiger partial charge is 0.221 e. The largest absolute Gasteiger partial charge is 0.286 e. The molecule has 0 spiro atoms. The zero-order valence-corrected chi connectivity index (χ0v) is 9.47. The summed E-state index contributed by atoms with van der Waals surface area (Å²) in [6.45, 7) is 3.87. The predicted octanol–water partition coefficient (Wildman–Crippen LogP) is 2.99. The Morgan fingerprint density at radius 3 is 2.73 bits per heavy atom. The molecule has 0 amide bonds. The van der Waals surface area contributed by atoms with Crippen LogP contribution in [0.3, 0.4) is 0 Å².